The topological polar surface area (TPSA) is 69.7 Å². The maximum absolute atomic E-state index is 4.79. The van der Waals surface area contributed by atoms with Gasteiger partial charge in [0.1, 0.15) is 5.82 Å². The molecule has 2 heterocycles. The number of H-pyrrole nitrogens is 1. The minimum absolute atomic E-state index is 0.446. The number of hydrogen-bond acceptors (Lipinski definition) is 5. The Labute approximate surface area is 153 Å². The fraction of sp³-hybridized carbons (Fsp3) is 0.350. The van der Waals surface area contributed by atoms with Crippen LogP contribution in [-0.4, -0.2) is 26.2 Å². The smallest absolute Gasteiger partial charge is 0.232 e. The van der Waals surface area contributed by atoms with Gasteiger partial charge in [0.25, 0.3) is 0 Å². The molecule has 4 rings (SSSR count). The normalized spacial score (nSPS) is 14.5. The first-order valence-electron chi connectivity index (χ1n) is 9.18. The van der Waals surface area contributed by atoms with Crippen molar-refractivity contribution >= 4 is 23.3 Å². The van der Waals surface area contributed by atoms with Crippen molar-refractivity contribution in [3.63, 3.8) is 0 Å². The first kappa shape index (κ1) is 16.6. The molecule has 1 aliphatic rings. The highest BCUT2D eigenvalue weighted by atomic mass is 15.3. The second-order valence-corrected chi connectivity index (χ2v) is 6.83. The summed E-state index contributed by atoms with van der Waals surface area (Å²) < 4.78 is 0. The monoisotopic (exact) mass is 348 g/mol. The molecule has 26 heavy (non-hydrogen) atoms. The predicted octanol–water partition coefficient (Wildman–Crippen LogP) is 4.64. The van der Waals surface area contributed by atoms with Gasteiger partial charge in [-0.05, 0) is 44.9 Å². The lowest BCUT2D eigenvalue weighted by molar-refractivity contribution is 0.663. The summed E-state index contributed by atoms with van der Waals surface area (Å²) in [5.41, 5.74) is 3.29. The Bertz CT molecular complexity index is 867. The molecule has 6 nitrogen and oxygen atoms in total. The summed E-state index contributed by atoms with van der Waals surface area (Å²) in [5, 5.41) is 10.6. The zero-order valence-corrected chi connectivity index (χ0v) is 15.2. The molecule has 0 amide bonds. The molecule has 1 aromatic carbocycles. The zero-order valence-electron chi connectivity index (χ0n) is 15.2. The SMILES string of the molecule is Cc1[nH]nc(Nc2ccnc(N(c3ccccc3)C3CCCC3)n2)c1C. The second-order valence-electron chi connectivity index (χ2n) is 6.83. The fourth-order valence-electron chi connectivity index (χ4n) is 3.50. The standard InChI is InChI=1S/C20H24N6/c1-14-15(2)24-25-19(14)22-18-12-13-21-20(23-18)26(17-10-6-7-11-17)16-8-4-3-5-9-16/h3-5,8-9,12-13,17H,6-7,10-11H2,1-2H3,(H2,21,22,23,24,25). The number of aromatic amines is 1. The van der Waals surface area contributed by atoms with E-state index in [0.29, 0.717) is 6.04 Å². The fourth-order valence-corrected chi connectivity index (χ4v) is 3.50. The van der Waals surface area contributed by atoms with Crippen LogP contribution in [0.4, 0.5) is 23.3 Å². The number of rotatable bonds is 5. The van der Waals surface area contributed by atoms with E-state index in [2.05, 4.69) is 49.7 Å². The average Bonchev–Trinajstić information content (AvgIpc) is 3.30. The first-order chi connectivity index (χ1) is 12.7. The van der Waals surface area contributed by atoms with Crippen LogP contribution in [0, 0.1) is 13.8 Å². The van der Waals surface area contributed by atoms with Crippen LogP contribution in [0.3, 0.4) is 0 Å². The third-order valence-corrected chi connectivity index (χ3v) is 5.08. The van der Waals surface area contributed by atoms with Crippen molar-refractivity contribution in [1.29, 1.82) is 0 Å². The molecule has 134 valence electrons. The van der Waals surface area contributed by atoms with Crippen LogP contribution in [0.25, 0.3) is 0 Å². The quantitative estimate of drug-likeness (QED) is 0.703. The largest absolute Gasteiger partial charge is 0.323 e. The molecule has 2 aromatic heterocycles. The maximum atomic E-state index is 4.79. The van der Waals surface area contributed by atoms with Crippen LogP contribution in [0.1, 0.15) is 36.9 Å². The van der Waals surface area contributed by atoms with E-state index in [0.717, 1.165) is 34.5 Å². The van der Waals surface area contributed by atoms with E-state index >= 15 is 0 Å². The Morgan fingerprint density at radius 3 is 2.54 bits per heavy atom. The number of hydrogen-bond donors (Lipinski definition) is 2. The minimum Gasteiger partial charge on any atom is -0.323 e. The number of nitrogens with zero attached hydrogens (tertiary/aromatic N) is 4. The van der Waals surface area contributed by atoms with Crippen LogP contribution in [0.2, 0.25) is 0 Å². The van der Waals surface area contributed by atoms with Crippen molar-refractivity contribution in [2.75, 3.05) is 10.2 Å². The molecule has 0 bridgehead atoms. The van der Waals surface area contributed by atoms with Crippen molar-refractivity contribution in [2.24, 2.45) is 0 Å². The molecule has 0 unspecified atom stereocenters. The van der Waals surface area contributed by atoms with E-state index in [4.69, 9.17) is 4.98 Å². The Morgan fingerprint density at radius 1 is 1.08 bits per heavy atom. The maximum Gasteiger partial charge on any atom is 0.232 e. The van der Waals surface area contributed by atoms with Crippen molar-refractivity contribution < 1.29 is 0 Å². The summed E-state index contributed by atoms with van der Waals surface area (Å²) in [6.45, 7) is 4.05. The average molecular weight is 348 g/mol. The third-order valence-electron chi connectivity index (χ3n) is 5.08. The van der Waals surface area contributed by atoms with Gasteiger partial charge in [-0.2, -0.15) is 10.1 Å². The molecule has 0 saturated heterocycles. The second kappa shape index (κ2) is 7.15. The summed E-state index contributed by atoms with van der Waals surface area (Å²) in [5.74, 6) is 2.29. The first-order valence-corrected chi connectivity index (χ1v) is 9.18. The molecule has 1 saturated carbocycles. The van der Waals surface area contributed by atoms with E-state index in [1.165, 1.54) is 25.7 Å². The molecule has 3 aromatic rings. The van der Waals surface area contributed by atoms with Gasteiger partial charge in [0.15, 0.2) is 5.82 Å². The Balaban J connectivity index is 1.67. The van der Waals surface area contributed by atoms with Crippen LogP contribution < -0.4 is 10.2 Å². The molecule has 1 fully saturated rings. The van der Waals surface area contributed by atoms with Crippen LogP contribution in [0.15, 0.2) is 42.6 Å². The van der Waals surface area contributed by atoms with Gasteiger partial charge in [0, 0.05) is 29.2 Å². The van der Waals surface area contributed by atoms with E-state index in [-0.39, 0.29) is 0 Å². The summed E-state index contributed by atoms with van der Waals surface area (Å²) in [4.78, 5) is 11.6. The van der Waals surface area contributed by atoms with E-state index in [9.17, 15) is 0 Å². The van der Waals surface area contributed by atoms with Crippen molar-refractivity contribution in [2.45, 2.75) is 45.6 Å². The van der Waals surface area contributed by atoms with Crippen LogP contribution in [0.5, 0.6) is 0 Å². The van der Waals surface area contributed by atoms with Crippen LogP contribution in [-0.2, 0) is 0 Å². The van der Waals surface area contributed by atoms with Crippen molar-refractivity contribution in [3.8, 4) is 0 Å². The highest BCUT2D eigenvalue weighted by Crippen LogP contribution is 2.33. The summed E-state index contributed by atoms with van der Waals surface area (Å²) in [6, 6.07) is 12.8. The number of aryl methyl sites for hydroxylation is 1. The van der Waals surface area contributed by atoms with Gasteiger partial charge < -0.3 is 10.2 Å². The van der Waals surface area contributed by atoms with Crippen molar-refractivity contribution in [3.05, 3.63) is 53.9 Å². The van der Waals surface area contributed by atoms with Crippen LogP contribution >= 0.6 is 0 Å². The molecule has 0 spiro atoms. The molecular weight excluding hydrogens is 324 g/mol. The van der Waals surface area contributed by atoms with E-state index < -0.39 is 0 Å². The lowest BCUT2D eigenvalue weighted by atomic mass is 10.2. The molecule has 6 heteroatoms. The van der Waals surface area contributed by atoms with Gasteiger partial charge >= 0.3 is 0 Å². The van der Waals surface area contributed by atoms with Gasteiger partial charge in [0.2, 0.25) is 5.95 Å². The molecule has 1 aliphatic carbocycles. The Morgan fingerprint density at radius 2 is 1.85 bits per heavy atom. The highest BCUT2D eigenvalue weighted by Gasteiger charge is 2.26. The van der Waals surface area contributed by atoms with E-state index in [1.807, 2.05) is 32.2 Å². The predicted molar refractivity (Wildman–Crippen MR) is 104 cm³/mol. The number of para-hydroxylation sites is 1. The summed E-state index contributed by atoms with van der Waals surface area (Å²) in [6.07, 6.45) is 6.68. The Hall–Kier alpha value is -2.89. The molecule has 0 atom stereocenters. The zero-order chi connectivity index (χ0) is 17.9. The molecule has 0 aliphatic heterocycles. The van der Waals surface area contributed by atoms with Gasteiger partial charge in [0.05, 0.1) is 0 Å². The highest BCUT2D eigenvalue weighted by molar-refractivity contribution is 5.62. The number of benzene rings is 1. The van der Waals surface area contributed by atoms with Gasteiger partial charge in [-0.3, -0.25) is 5.10 Å². The lowest BCUT2D eigenvalue weighted by Gasteiger charge is -2.29. The van der Waals surface area contributed by atoms with Gasteiger partial charge in [-0.1, -0.05) is 31.0 Å². The minimum atomic E-state index is 0.446. The number of aromatic nitrogens is 4. The molecular formula is C20H24N6. The molecule has 0 radical (unpaired) electrons. The Kier molecular flexibility index (Phi) is 4.56. The third kappa shape index (κ3) is 3.27. The van der Waals surface area contributed by atoms with E-state index in [1.54, 1.807) is 0 Å². The number of anilines is 4. The summed E-state index contributed by atoms with van der Waals surface area (Å²) >= 11 is 0. The molecule has 2 N–H and O–H groups in total. The number of nitrogens with one attached hydrogen (secondary N) is 2. The lowest BCUT2D eigenvalue weighted by Crippen LogP contribution is -2.30. The van der Waals surface area contributed by atoms with Crippen molar-refractivity contribution in [1.82, 2.24) is 20.2 Å². The van der Waals surface area contributed by atoms with Gasteiger partial charge in [-0.15, -0.1) is 0 Å². The van der Waals surface area contributed by atoms with Gasteiger partial charge in [-0.25, -0.2) is 4.98 Å². The summed E-state index contributed by atoms with van der Waals surface area (Å²) in [7, 11) is 0.